The van der Waals surface area contributed by atoms with Crippen LogP contribution in [0.5, 0.6) is 5.75 Å². The van der Waals surface area contributed by atoms with Gasteiger partial charge in [0.05, 0.1) is 7.11 Å². The second-order valence-corrected chi connectivity index (χ2v) is 5.28. The fourth-order valence-corrected chi connectivity index (χ4v) is 2.63. The molecule has 1 N–H and O–H groups in total. The lowest BCUT2D eigenvalue weighted by molar-refractivity contribution is -0.127. The third-order valence-corrected chi connectivity index (χ3v) is 3.95. The molecule has 98 valence electrons. The first-order valence-corrected chi connectivity index (χ1v) is 6.80. The third kappa shape index (κ3) is 2.70. The van der Waals surface area contributed by atoms with E-state index in [1.54, 1.807) is 12.0 Å². The molecule has 0 bridgehead atoms. The maximum Gasteiger partial charge on any atom is 0.241 e. The number of carbonyl (C=O) groups is 1. The van der Waals surface area contributed by atoms with E-state index in [1.165, 1.54) is 0 Å². The summed E-state index contributed by atoms with van der Waals surface area (Å²) in [6, 6.07) is 7.43. The Morgan fingerprint density at radius 2 is 2.11 bits per heavy atom. The monoisotopic (exact) mass is 269 g/mol. The van der Waals surface area contributed by atoms with Gasteiger partial charge in [-0.2, -0.15) is 0 Å². The van der Waals surface area contributed by atoms with Crippen LogP contribution in [-0.4, -0.2) is 38.5 Å². The average Bonchev–Trinajstić information content (AvgIpc) is 2.72. The van der Waals surface area contributed by atoms with Gasteiger partial charge in [-0.15, -0.1) is 0 Å². The van der Waals surface area contributed by atoms with Crippen molar-refractivity contribution < 1.29 is 18.3 Å². The summed E-state index contributed by atoms with van der Waals surface area (Å²) in [6.45, 7) is 0.998. The molecule has 1 saturated heterocycles. The molecular formula is C12H15NO4S. The van der Waals surface area contributed by atoms with Crippen LogP contribution in [0.4, 0.5) is 0 Å². The van der Waals surface area contributed by atoms with Crippen LogP contribution in [0.1, 0.15) is 12.0 Å². The molecule has 0 radical (unpaired) electrons. The number of methoxy groups -OCH3 is 1. The van der Waals surface area contributed by atoms with Crippen LogP contribution in [0.2, 0.25) is 0 Å². The van der Waals surface area contributed by atoms with E-state index < -0.39 is 16.3 Å². The Balaban J connectivity index is 2.02. The molecule has 6 heteroatoms. The highest BCUT2D eigenvalue weighted by Crippen LogP contribution is 2.19. The highest BCUT2D eigenvalue weighted by molar-refractivity contribution is 7.80. The molecule has 0 aliphatic carbocycles. The molecule has 18 heavy (non-hydrogen) atoms. The minimum absolute atomic E-state index is 0.244. The molecule has 1 aliphatic heterocycles. The predicted octanol–water partition coefficient (Wildman–Crippen LogP) is 1.02. The number of hydrogen-bond donors (Lipinski definition) is 1. The molecule has 1 aromatic carbocycles. The first-order valence-electron chi connectivity index (χ1n) is 5.63. The second kappa shape index (κ2) is 5.49. The number of hydrogen-bond acceptors (Lipinski definition) is 3. The maximum atomic E-state index is 11.8. The zero-order chi connectivity index (χ0) is 13.1. The fraction of sp³-hybridized carbons (Fsp3) is 0.417. The molecule has 1 amide bonds. The van der Waals surface area contributed by atoms with Crippen LogP contribution in [0, 0.1) is 0 Å². The van der Waals surface area contributed by atoms with Crippen molar-refractivity contribution in [2.75, 3.05) is 13.7 Å². The fourth-order valence-electron chi connectivity index (χ4n) is 2.01. The summed E-state index contributed by atoms with van der Waals surface area (Å²) in [7, 11) is 1.60. The Hall–Kier alpha value is -1.40. The summed E-state index contributed by atoms with van der Waals surface area (Å²) < 4.78 is 25.0. The van der Waals surface area contributed by atoms with Gasteiger partial charge in [-0.3, -0.25) is 4.79 Å². The van der Waals surface area contributed by atoms with E-state index in [0.717, 1.165) is 11.3 Å². The summed E-state index contributed by atoms with van der Waals surface area (Å²) in [5.41, 5.74) is 0.980. The lowest BCUT2D eigenvalue weighted by atomic mass is 10.2. The normalized spacial score (nSPS) is 21.1. The molecule has 2 atom stereocenters. The average molecular weight is 269 g/mol. The van der Waals surface area contributed by atoms with E-state index in [0.29, 0.717) is 19.5 Å². The summed E-state index contributed by atoms with van der Waals surface area (Å²) in [6.07, 6.45) is 0.443. The van der Waals surface area contributed by atoms with Crippen molar-refractivity contribution >= 4 is 17.0 Å². The van der Waals surface area contributed by atoms with Gasteiger partial charge in [0.15, 0.2) is 11.1 Å². The van der Waals surface area contributed by atoms with Gasteiger partial charge in [0, 0.05) is 13.1 Å². The number of ether oxygens (including phenoxy) is 1. The summed E-state index contributed by atoms with van der Waals surface area (Å²) >= 11 is -2.07. The molecule has 1 heterocycles. The molecule has 2 unspecified atom stereocenters. The van der Waals surface area contributed by atoms with Gasteiger partial charge in [-0.1, -0.05) is 12.1 Å². The van der Waals surface area contributed by atoms with Crippen molar-refractivity contribution in [2.45, 2.75) is 18.2 Å². The van der Waals surface area contributed by atoms with Crippen LogP contribution >= 0.6 is 0 Å². The van der Waals surface area contributed by atoms with Crippen LogP contribution in [0.3, 0.4) is 0 Å². The van der Waals surface area contributed by atoms with Gasteiger partial charge in [0.1, 0.15) is 11.0 Å². The van der Waals surface area contributed by atoms with Crippen molar-refractivity contribution in [3.8, 4) is 5.75 Å². The molecular weight excluding hydrogens is 254 g/mol. The first kappa shape index (κ1) is 13.0. The van der Waals surface area contributed by atoms with Gasteiger partial charge in [-0.05, 0) is 24.1 Å². The highest BCUT2D eigenvalue weighted by Gasteiger charge is 2.35. The summed E-state index contributed by atoms with van der Waals surface area (Å²) in [5, 5.41) is -0.761. The Bertz CT molecular complexity index is 460. The van der Waals surface area contributed by atoms with Crippen molar-refractivity contribution in [3.63, 3.8) is 0 Å². The first-order chi connectivity index (χ1) is 8.61. The number of nitrogens with zero attached hydrogens (tertiary/aromatic N) is 1. The van der Waals surface area contributed by atoms with Gasteiger partial charge in [0.25, 0.3) is 0 Å². The quantitative estimate of drug-likeness (QED) is 0.829. The predicted molar refractivity (Wildman–Crippen MR) is 67.6 cm³/mol. The van der Waals surface area contributed by atoms with Crippen LogP contribution in [0.25, 0.3) is 0 Å². The molecule has 2 rings (SSSR count). The SMILES string of the molecule is COc1ccc(CN2CCC(S(=O)O)C2=O)cc1. The number of likely N-dealkylation sites (tertiary alicyclic amines) is 1. The minimum atomic E-state index is -2.07. The number of amides is 1. The van der Waals surface area contributed by atoms with Crippen LogP contribution in [0.15, 0.2) is 24.3 Å². The molecule has 5 nitrogen and oxygen atoms in total. The van der Waals surface area contributed by atoms with E-state index in [2.05, 4.69) is 0 Å². The Morgan fingerprint density at radius 1 is 1.44 bits per heavy atom. The van der Waals surface area contributed by atoms with Crippen molar-refractivity contribution in [1.29, 1.82) is 0 Å². The lowest BCUT2D eigenvalue weighted by Crippen LogP contribution is -2.31. The minimum Gasteiger partial charge on any atom is -0.497 e. The molecule has 0 saturated carbocycles. The zero-order valence-electron chi connectivity index (χ0n) is 10.0. The summed E-state index contributed by atoms with van der Waals surface area (Å²) in [4.78, 5) is 13.4. The molecule has 1 aromatic rings. The Kier molecular flexibility index (Phi) is 3.98. The Morgan fingerprint density at radius 3 is 2.61 bits per heavy atom. The lowest BCUT2D eigenvalue weighted by Gasteiger charge is -2.16. The topological polar surface area (TPSA) is 66.8 Å². The van der Waals surface area contributed by atoms with Crippen LogP contribution < -0.4 is 4.74 Å². The van der Waals surface area contributed by atoms with E-state index in [1.807, 2.05) is 24.3 Å². The van der Waals surface area contributed by atoms with Gasteiger partial charge in [0.2, 0.25) is 5.91 Å². The smallest absolute Gasteiger partial charge is 0.241 e. The van der Waals surface area contributed by atoms with E-state index >= 15 is 0 Å². The van der Waals surface area contributed by atoms with E-state index in [-0.39, 0.29) is 5.91 Å². The standard InChI is InChI=1S/C12H15NO4S/c1-17-10-4-2-9(3-5-10)8-13-7-6-11(12(13)14)18(15)16/h2-5,11H,6-8H2,1H3,(H,15,16). The van der Waals surface area contributed by atoms with E-state index in [9.17, 15) is 9.00 Å². The number of rotatable bonds is 4. The van der Waals surface area contributed by atoms with Crippen molar-refractivity contribution in [2.24, 2.45) is 0 Å². The molecule has 0 spiro atoms. The van der Waals surface area contributed by atoms with Gasteiger partial charge < -0.3 is 14.2 Å². The molecule has 1 fully saturated rings. The van der Waals surface area contributed by atoms with Crippen LogP contribution in [-0.2, 0) is 22.4 Å². The zero-order valence-corrected chi connectivity index (χ0v) is 10.9. The van der Waals surface area contributed by atoms with Crippen molar-refractivity contribution in [3.05, 3.63) is 29.8 Å². The molecule has 1 aliphatic rings. The maximum absolute atomic E-state index is 11.8. The van der Waals surface area contributed by atoms with Crippen molar-refractivity contribution in [1.82, 2.24) is 4.90 Å². The van der Waals surface area contributed by atoms with Gasteiger partial charge in [-0.25, -0.2) is 4.21 Å². The largest absolute Gasteiger partial charge is 0.497 e. The number of benzene rings is 1. The Labute approximate surface area is 108 Å². The second-order valence-electron chi connectivity index (χ2n) is 4.16. The number of carbonyl (C=O) groups excluding carboxylic acids is 1. The summed E-state index contributed by atoms with van der Waals surface area (Å²) in [5.74, 6) is 0.521. The third-order valence-electron chi connectivity index (χ3n) is 3.02. The van der Waals surface area contributed by atoms with E-state index in [4.69, 9.17) is 9.29 Å². The highest BCUT2D eigenvalue weighted by atomic mass is 32.2. The molecule has 0 aromatic heterocycles. The van der Waals surface area contributed by atoms with Gasteiger partial charge >= 0.3 is 0 Å².